The fourth-order valence-electron chi connectivity index (χ4n) is 2.34. The first kappa shape index (κ1) is 20.0. The Labute approximate surface area is 157 Å². The van der Waals surface area contributed by atoms with Crippen LogP contribution in [0.3, 0.4) is 0 Å². The summed E-state index contributed by atoms with van der Waals surface area (Å²) in [5, 5.41) is 38.3. The summed E-state index contributed by atoms with van der Waals surface area (Å²) in [5.74, 6) is -0.332. The Balaban J connectivity index is 2.14. The molecule has 5 nitrogen and oxygen atoms in total. The van der Waals surface area contributed by atoms with Crippen molar-refractivity contribution in [2.24, 2.45) is 0 Å². The summed E-state index contributed by atoms with van der Waals surface area (Å²) in [6, 6.07) is 9.66. The zero-order valence-electron chi connectivity index (χ0n) is 15.2. The fourth-order valence-corrected chi connectivity index (χ4v) is 2.34. The molecule has 0 bridgehead atoms. The lowest BCUT2D eigenvalue weighted by molar-refractivity contribution is -0.111. The Kier molecular flexibility index (Phi) is 6.57. The van der Waals surface area contributed by atoms with Crippen molar-refractivity contribution in [1.29, 1.82) is 0 Å². The van der Waals surface area contributed by atoms with Gasteiger partial charge in [0.15, 0.2) is 5.78 Å². The van der Waals surface area contributed by atoms with Gasteiger partial charge in [0.2, 0.25) is 0 Å². The highest BCUT2D eigenvalue weighted by atomic mass is 16.3. The van der Waals surface area contributed by atoms with E-state index in [1.165, 1.54) is 25.1 Å². The molecule has 2 rings (SSSR count). The molecule has 2 aromatic rings. The predicted octanol–water partition coefficient (Wildman–Crippen LogP) is 4.03. The molecule has 0 radical (unpaired) electrons. The van der Waals surface area contributed by atoms with Crippen molar-refractivity contribution in [3.8, 4) is 11.5 Å². The Morgan fingerprint density at radius 3 is 2.19 bits per heavy atom. The van der Waals surface area contributed by atoms with E-state index in [1.54, 1.807) is 49.4 Å². The normalized spacial score (nSPS) is 12.6. The average molecular weight is 366 g/mol. The molecule has 0 aliphatic heterocycles. The van der Waals surface area contributed by atoms with Gasteiger partial charge in [0.05, 0.1) is 6.61 Å². The van der Waals surface area contributed by atoms with Gasteiger partial charge in [-0.3, -0.25) is 4.79 Å². The summed E-state index contributed by atoms with van der Waals surface area (Å²) < 4.78 is 0. The first-order valence-corrected chi connectivity index (χ1v) is 8.34. The van der Waals surface area contributed by atoms with E-state index in [-0.39, 0.29) is 35.2 Å². The van der Waals surface area contributed by atoms with E-state index in [2.05, 4.69) is 0 Å². The molecule has 27 heavy (non-hydrogen) atoms. The van der Waals surface area contributed by atoms with Gasteiger partial charge in [-0.05, 0) is 67.0 Å². The third kappa shape index (κ3) is 5.33. The van der Waals surface area contributed by atoms with Gasteiger partial charge in [0, 0.05) is 11.1 Å². The van der Waals surface area contributed by atoms with Crippen molar-refractivity contribution in [2.45, 2.75) is 20.5 Å². The minimum absolute atomic E-state index is 0.00991. The highest BCUT2D eigenvalue weighted by Crippen LogP contribution is 2.20. The molecule has 2 aromatic carbocycles. The number of aromatic hydroxyl groups is 2. The van der Waals surface area contributed by atoms with Gasteiger partial charge in [0.1, 0.15) is 17.3 Å². The standard InChI is InChI=1S/C22H22O5/c1-14-11-16(3-7-19(14)24)4-8-20(25)15(2)21(26)9-5-17-6-10-22(27)18(12-17)13-23/h3-12,23-25,27H,13H2,1-2H3/b8-4+,9-5+,20-15-. The predicted molar refractivity (Wildman–Crippen MR) is 105 cm³/mol. The minimum Gasteiger partial charge on any atom is -0.508 e. The van der Waals surface area contributed by atoms with E-state index in [0.717, 1.165) is 5.56 Å². The van der Waals surface area contributed by atoms with E-state index in [9.17, 15) is 20.1 Å². The number of rotatable bonds is 6. The van der Waals surface area contributed by atoms with E-state index in [1.807, 2.05) is 0 Å². The lowest BCUT2D eigenvalue weighted by Gasteiger charge is -2.03. The van der Waals surface area contributed by atoms with Crippen molar-refractivity contribution in [3.63, 3.8) is 0 Å². The number of carbonyl (C=O) groups is 1. The molecule has 0 saturated carbocycles. The number of aliphatic hydroxyl groups is 2. The number of aliphatic hydroxyl groups excluding tert-OH is 2. The second kappa shape index (κ2) is 8.87. The van der Waals surface area contributed by atoms with Crippen LogP contribution in [0.1, 0.15) is 29.2 Å². The van der Waals surface area contributed by atoms with Gasteiger partial charge in [-0.15, -0.1) is 0 Å². The Morgan fingerprint density at radius 1 is 0.963 bits per heavy atom. The lowest BCUT2D eigenvalue weighted by atomic mass is 10.1. The lowest BCUT2D eigenvalue weighted by Crippen LogP contribution is -1.98. The van der Waals surface area contributed by atoms with Gasteiger partial charge in [-0.2, -0.15) is 0 Å². The van der Waals surface area contributed by atoms with E-state index < -0.39 is 0 Å². The third-order valence-corrected chi connectivity index (χ3v) is 4.11. The number of ketones is 1. The first-order chi connectivity index (χ1) is 12.8. The van der Waals surface area contributed by atoms with Crippen LogP contribution in [0.2, 0.25) is 0 Å². The first-order valence-electron chi connectivity index (χ1n) is 8.34. The molecule has 0 fully saturated rings. The number of aryl methyl sites for hydroxylation is 1. The molecule has 0 saturated heterocycles. The molecule has 0 aliphatic carbocycles. The second-order valence-electron chi connectivity index (χ2n) is 6.13. The van der Waals surface area contributed by atoms with Crippen LogP contribution < -0.4 is 0 Å². The van der Waals surface area contributed by atoms with Crippen molar-refractivity contribution < 1.29 is 25.2 Å². The van der Waals surface area contributed by atoms with Crippen molar-refractivity contribution in [3.05, 3.63) is 82.1 Å². The monoisotopic (exact) mass is 366 g/mol. The van der Waals surface area contributed by atoms with Crippen LogP contribution in [0.15, 0.2) is 59.9 Å². The van der Waals surface area contributed by atoms with Crippen molar-refractivity contribution in [2.75, 3.05) is 0 Å². The van der Waals surface area contributed by atoms with Crippen LogP contribution in [-0.2, 0) is 11.4 Å². The number of phenols is 2. The highest BCUT2D eigenvalue weighted by Gasteiger charge is 2.06. The molecule has 0 aromatic heterocycles. The average Bonchev–Trinajstić information content (AvgIpc) is 2.67. The maximum atomic E-state index is 12.2. The number of allylic oxidation sites excluding steroid dienone is 3. The number of phenolic OH excluding ortho intramolecular Hbond substituents is 1. The molecular weight excluding hydrogens is 344 g/mol. The number of hydrogen-bond acceptors (Lipinski definition) is 5. The maximum absolute atomic E-state index is 12.2. The molecular formula is C22H22O5. The largest absolute Gasteiger partial charge is 0.508 e. The van der Waals surface area contributed by atoms with Gasteiger partial charge < -0.3 is 20.4 Å². The zero-order chi connectivity index (χ0) is 20.0. The van der Waals surface area contributed by atoms with Crippen LogP contribution in [0.25, 0.3) is 12.2 Å². The van der Waals surface area contributed by atoms with Crippen LogP contribution in [-0.4, -0.2) is 26.2 Å². The zero-order valence-corrected chi connectivity index (χ0v) is 15.2. The Hall–Kier alpha value is -3.31. The van der Waals surface area contributed by atoms with E-state index in [0.29, 0.717) is 16.7 Å². The molecule has 0 amide bonds. The summed E-state index contributed by atoms with van der Waals surface area (Å²) in [7, 11) is 0. The molecule has 0 aliphatic rings. The summed E-state index contributed by atoms with van der Waals surface area (Å²) >= 11 is 0. The molecule has 0 atom stereocenters. The van der Waals surface area contributed by atoms with Crippen LogP contribution in [0, 0.1) is 6.92 Å². The Bertz CT molecular complexity index is 936. The van der Waals surface area contributed by atoms with Gasteiger partial charge in [-0.25, -0.2) is 0 Å². The van der Waals surface area contributed by atoms with Gasteiger partial charge in [0.25, 0.3) is 0 Å². The second-order valence-corrected chi connectivity index (χ2v) is 6.13. The summed E-state index contributed by atoms with van der Waals surface area (Å²) in [4.78, 5) is 12.2. The summed E-state index contributed by atoms with van der Waals surface area (Å²) in [5.41, 5.74) is 2.69. The maximum Gasteiger partial charge on any atom is 0.185 e. The topological polar surface area (TPSA) is 98.0 Å². The van der Waals surface area contributed by atoms with E-state index in [4.69, 9.17) is 5.11 Å². The van der Waals surface area contributed by atoms with E-state index >= 15 is 0 Å². The molecule has 0 spiro atoms. The molecule has 0 heterocycles. The minimum atomic E-state index is -0.363. The van der Waals surface area contributed by atoms with Crippen LogP contribution in [0.4, 0.5) is 0 Å². The number of carbonyl (C=O) groups excluding carboxylic acids is 1. The number of benzene rings is 2. The van der Waals surface area contributed by atoms with Gasteiger partial charge >= 0.3 is 0 Å². The summed E-state index contributed by atoms with van der Waals surface area (Å²) in [6.07, 6.45) is 5.94. The SMILES string of the molecule is C/C(C(=O)/C=C/c1ccc(O)c(CO)c1)=C(O)\C=C\c1ccc(O)c(C)c1. The van der Waals surface area contributed by atoms with Crippen molar-refractivity contribution >= 4 is 17.9 Å². The molecule has 140 valence electrons. The van der Waals surface area contributed by atoms with Crippen LogP contribution >= 0.6 is 0 Å². The van der Waals surface area contributed by atoms with Gasteiger partial charge in [-0.1, -0.05) is 24.3 Å². The fraction of sp³-hybridized carbons (Fsp3) is 0.136. The van der Waals surface area contributed by atoms with Crippen molar-refractivity contribution in [1.82, 2.24) is 0 Å². The highest BCUT2D eigenvalue weighted by molar-refractivity contribution is 6.06. The number of hydrogen-bond donors (Lipinski definition) is 4. The Morgan fingerprint density at radius 2 is 1.56 bits per heavy atom. The quantitative estimate of drug-likeness (QED) is 0.352. The molecule has 4 N–H and O–H groups in total. The summed E-state index contributed by atoms with van der Waals surface area (Å²) in [6.45, 7) is 2.99. The van der Waals surface area contributed by atoms with Crippen LogP contribution in [0.5, 0.6) is 11.5 Å². The molecule has 0 unspecified atom stereocenters. The smallest absolute Gasteiger partial charge is 0.185 e. The third-order valence-electron chi connectivity index (χ3n) is 4.11. The molecule has 5 heteroatoms.